The third-order valence-electron chi connectivity index (χ3n) is 4.93. The molecule has 2 aromatic carbocycles. The molecule has 1 aliphatic heterocycles. The molecule has 1 aliphatic rings. The van der Waals surface area contributed by atoms with Gasteiger partial charge in [0.1, 0.15) is 0 Å². The van der Waals surface area contributed by atoms with Crippen molar-refractivity contribution in [2.45, 2.75) is 6.42 Å². The van der Waals surface area contributed by atoms with Crippen molar-refractivity contribution >= 4 is 33.8 Å². The lowest BCUT2D eigenvalue weighted by Crippen LogP contribution is -2.49. The molecule has 152 valence electrons. The standard InChI is InChI=1S/C23H26BrN3O2/c24-21-10-8-20(9-11-21)23(29)25-13-12-22(28)27-17-15-26(16-18-27)14-4-7-19-5-2-1-3-6-19/h1-11H,12-18H2,(H,25,29). The quantitative estimate of drug-likeness (QED) is 0.695. The Bertz CT molecular complexity index is 829. The number of nitrogens with zero attached hydrogens (tertiary/aromatic N) is 2. The first-order chi connectivity index (χ1) is 14.1. The van der Waals surface area contributed by atoms with Crippen LogP contribution in [0.1, 0.15) is 22.3 Å². The number of carbonyl (C=O) groups excluding carboxylic acids is 2. The number of carbonyl (C=O) groups is 2. The molecule has 3 rings (SSSR count). The van der Waals surface area contributed by atoms with E-state index in [-0.39, 0.29) is 11.8 Å². The maximum Gasteiger partial charge on any atom is 0.251 e. The lowest BCUT2D eigenvalue weighted by Gasteiger charge is -2.34. The third-order valence-corrected chi connectivity index (χ3v) is 5.46. The first-order valence-corrected chi connectivity index (χ1v) is 10.7. The zero-order chi connectivity index (χ0) is 20.5. The van der Waals surface area contributed by atoms with Crippen molar-refractivity contribution in [2.24, 2.45) is 0 Å². The number of rotatable bonds is 7. The minimum atomic E-state index is -0.152. The van der Waals surface area contributed by atoms with Gasteiger partial charge in [-0.25, -0.2) is 0 Å². The van der Waals surface area contributed by atoms with Gasteiger partial charge in [0.15, 0.2) is 0 Å². The molecule has 0 atom stereocenters. The molecule has 0 spiro atoms. The second-order valence-corrected chi connectivity index (χ2v) is 7.92. The number of nitrogens with one attached hydrogen (secondary N) is 1. The second kappa shape index (κ2) is 10.9. The van der Waals surface area contributed by atoms with Gasteiger partial charge in [-0.1, -0.05) is 58.4 Å². The van der Waals surface area contributed by atoms with Crippen LogP contribution in [-0.4, -0.2) is 60.9 Å². The molecule has 29 heavy (non-hydrogen) atoms. The number of benzene rings is 2. The Hall–Kier alpha value is -2.44. The monoisotopic (exact) mass is 455 g/mol. The number of amides is 2. The van der Waals surface area contributed by atoms with Gasteiger partial charge in [-0.15, -0.1) is 0 Å². The number of halogens is 1. The SMILES string of the molecule is O=C(NCCC(=O)N1CCN(CC=Cc2ccccc2)CC1)c1ccc(Br)cc1. The van der Waals surface area contributed by atoms with E-state index in [1.54, 1.807) is 12.1 Å². The minimum absolute atomic E-state index is 0.0978. The third kappa shape index (κ3) is 6.84. The summed E-state index contributed by atoms with van der Waals surface area (Å²) in [4.78, 5) is 28.7. The van der Waals surface area contributed by atoms with Crippen molar-refractivity contribution < 1.29 is 9.59 Å². The van der Waals surface area contributed by atoms with E-state index in [1.165, 1.54) is 5.56 Å². The van der Waals surface area contributed by atoms with Gasteiger partial charge in [0.25, 0.3) is 5.91 Å². The zero-order valence-electron chi connectivity index (χ0n) is 16.4. The first-order valence-electron chi connectivity index (χ1n) is 9.87. The molecule has 6 heteroatoms. The van der Waals surface area contributed by atoms with Gasteiger partial charge < -0.3 is 10.2 Å². The predicted molar refractivity (Wildman–Crippen MR) is 120 cm³/mol. The lowest BCUT2D eigenvalue weighted by molar-refractivity contribution is -0.132. The largest absolute Gasteiger partial charge is 0.352 e. The smallest absolute Gasteiger partial charge is 0.251 e. The molecular weight excluding hydrogens is 430 g/mol. The fraction of sp³-hybridized carbons (Fsp3) is 0.304. The summed E-state index contributed by atoms with van der Waals surface area (Å²) in [6, 6.07) is 17.4. The van der Waals surface area contributed by atoms with Gasteiger partial charge in [-0.3, -0.25) is 14.5 Å². The molecule has 1 heterocycles. The molecule has 0 saturated carbocycles. The Morgan fingerprint density at radius 2 is 1.66 bits per heavy atom. The average Bonchev–Trinajstić information content (AvgIpc) is 2.75. The highest BCUT2D eigenvalue weighted by Gasteiger charge is 2.20. The van der Waals surface area contributed by atoms with E-state index in [0.717, 1.165) is 37.2 Å². The van der Waals surface area contributed by atoms with Crippen LogP contribution in [0.25, 0.3) is 6.08 Å². The van der Waals surface area contributed by atoms with E-state index in [0.29, 0.717) is 18.5 Å². The van der Waals surface area contributed by atoms with Crippen molar-refractivity contribution in [1.29, 1.82) is 0 Å². The molecule has 1 N–H and O–H groups in total. The van der Waals surface area contributed by atoms with Crippen LogP contribution in [0.15, 0.2) is 65.1 Å². The van der Waals surface area contributed by atoms with Gasteiger partial charge in [-0.2, -0.15) is 0 Å². The van der Waals surface area contributed by atoms with Crippen LogP contribution in [0, 0.1) is 0 Å². The van der Waals surface area contributed by atoms with Crippen LogP contribution in [0.2, 0.25) is 0 Å². The molecule has 1 saturated heterocycles. The van der Waals surface area contributed by atoms with Gasteiger partial charge >= 0.3 is 0 Å². The van der Waals surface area contributed by atoms with Crippen LogP contribution in [0.5, 0.6) is 0 Å². The number of hydrogen-bond acceptors (Lipinski definition) is 3. The summed E-state index contributed by atoms with van der Waals surface area (Å²) < 4.78 is 0.930. The fourth-order valence-electron chi connectivity index (χ4n) is 3.23. The Labute approximate surface area is 180 Å². The fourth-order valence-corrected chi connectivity index (χ4v) is 3.49. The maximum absolute atomic E-state index is 12.4. The van der Waals surface area contributed by atoms with E-state index in [4.69, 9.17) is 0 Å². The van der Waals surface area contributed by atoms with Gasteiger partial charge in [-0.05, 0) is 29.8 Å². The zero-order valence-corrected chi connectivity index (χ0v) is 18.0. The second-order valence-electron chi connectivity index (χ2n) is 7.01. The topological polar surface area (TPSA) is 52.7 Å². The summed E-state index contributed by atoms with van der Waals surface area (Å²) in [5, 5.41) is 2.82. The molecule has 0 bridgehead atoms. The van der Waals surface area contributed by atoms with Crippen LogP contribution < -0.4 is 5.32 Å². The Morgan fingerprint density at radius 1 is 0.966 bits per heavy atom. The highest BCUT2D eigenvalue weighted by atomic mass is 79.9. The van der Waals surface area contributed by atoms with E-state index >= 15 is 0 Å². The van der Waals surface area contributed by atoms with E-state index in [1.807, 2.05) is 35.2 Å². The van der Waals surface area contributed by atoms with Gasteiger partial charge in [0, 0.05) is 55.7 Å². The molecular formula is C23H26BrN3O2. The first kappa shape index (κ1) is 21.3. The van der Waals surface area contributed by atoms with Crippen LogP contribution in [0.3, 0.4) is 0 Å². The molecule has 0 aromatic heterocycles. The summed E-state index contributed by atoms with van der Waals surface area (Å²) in [5.41, 5.74) is 1.80. The molecule has 2 aromatic rings. The molecule has 0 unspecified atom stereocenters. The summed E-state index contributed by atoms with van der Waals surface area (Å²) in [6.45, 7) is 4.46. The van der Waals surface area contributed by atoms with Crippen molar-refractivity contribution in [2.75, 3.05) is 39.3 Å². The Kier molecular flexibility index (Phi) is 8.02. The van der Waals surface area contributed by atoms with Gasteiger partial charge in [0.2, 0.25) is 5.91 Å². The van der Waals surface area contributed by atoms with Crippen molar-refractivity contribution in [1.82, 2.24) is 15.1 Å². The van der Waals surface area contributed by atoms with Crippen molar-refractivity contribution in [3.8, 4) is 0 Å². The summed E-state index contributed by atoms with van der Waals surface area (Å²) in [5.74, 6) is -0.0547. The number of hydrogen-bond donors (Lipinski definition) is 1. The van der Waals surface area contributed by atoms with Crippen LogP contribution in [-0.2, 0) is 4.79 Å². The lowest BCUT2D eigenvalue weighted by atomic mass is 10.2. The maximum atomic E-state index is 12.4. The van der Waals surface area contributed by atoms with E-state index in [2.05, 4.69) is 50.4 Å². The van der Waals surface area contributed by atoms with E-state index < -0.39 is 0 Å². The number of piperazine rings is 1. The molecule has 0 radical (unpaired) electrons. The summed E-state index contributed by atoms with van der Waals surface area (Å²) >= 11 is 3.35. The highest BCUT2D eigenvalue weighted by Crippen LogP contribution is 2.10. The van der Waals surface area contributed by atoms with E-state index in [9.17, 15) is 9.59 Å². The Balaban J connectivity index is 1.34. The Morgan fingerprint density at radius 3 is 2.34 bits per heavy atom. The summed E-state index contributed by atoms with van der Waals surface area (Å²) in [6.07, 6.45) is 4.63. The van der Waals surface area contributed by atoms with Crippen LogP contribution >= 0.6 is 15.9 Å². The highest BCUT2D eigenvalue weighted by molar-refractivity contribution is 9.10. The van der Waals surface area contributed by atoms with Crippen LogP contribution in [0.4, 0.5) is 0 Å². The molecule has 2 amide bonds. The van der Waals surface area contributed by atoms with Gasteiger partial charge in [0.05, 0.1) is 0 Å². The molecule has 1 fully saturated rings. The summed E-state index contributed by atoms with van der Waals surface area (Å²) in [7, 11) is 0. The van der Waals surface area contributed by atoms with Crippen molar-refractivity contribution in [3.63, 3.8) is 0 Å². The molecule has 5 nitrogen and oxygen atoms in total. The van der Waals surface area contributed by atoms with Crippen molar-refractivity contribution in [3.05, 3.63) is 76.3 Å². The minimum Gasteiger partial charge on any atom is -0.352 e. The predicted octanol–water partition coefficient (Wildman–Crippen LogP) is 3.43. The average molecular weight is 456 g/mol. The normalized spacial score (nSPS) is 14.9. The molecule has 0 aliphatic carbocycles.